The number of rotatable bonds is 6. The van der Waals surface area contributed by atoms with Crippen LogP contribution in [0.3, 0.4) is 0 Å². The second kappa shape index (κ2) is 9.03. The van der Waals surface area contributed by atoms with Crippen molar-refractivity contribution in [3.63, 3.8) is 0 Å². The number of nitro benzene ring substituents is 1. The Morgan fingerprint density at radius 1 is 1.16 bits per heavy atom. The van der Waals surface area contributed by atoms with Crippen LogP contribution in [0.25, 0.3) is 0 Å². The minimum absolute atomic E-state index is 0.0555. The van der Waals surface area contributed by atoms with Crippen molar-refractivity contribution >= 4 is 33.0 Å². The zero-order valence-corrected chi connectivity index (χ0v) is 18.6. The van der Waals surface area contributed by atoms with Crippen molar-refractivity contribution in [3.8, 4) is 0 Å². The Morgan fingerprint density at radius 2 is 1.81 bits per heavy atom. The number of nitrogens with one attached hydrogen (secondary N) is 1. The average Bonchev–Trinajstić information content (AvgIpc) is 2.75. The zero-order chi connectivity index (χ0) is 22.8. The number of hydrogen-bond donors (Lipinski definition) is 1. The minimum atomic E-state index is -3.61. The van der Waals surface area contributed by atoms with Crippen molar-refractivity contribution in [1.29, 1.82) is 0 Å². The lowest BCUT2D eigenvalue weighted by Gasteiger charge is -2.32. The van der Waals surface area contributed by atoms with Gasteiger partial charge in [-0.15, -0.1) is 0 Å². The molecule has 3 rings (SSSR count). The molecule has 10 heteroatoms. The van der Waals surface area contributed by atoms with Gasteiger partial charge in [0.2, 0.25) is 15.9 Å². The van der Waals surface area contributed by atoms with Gasteiger partial charge in [-0.3, -0.25) is 14.9 Å². The molecule has 2 aromatic carbocycles. The molecule has 0 bridgehead atoms. The maximum Gasteiger partial charge on any atom is 0.292 e. The van der Waals surface area contributed by atoms with Gasteiger partial charge in [0.05, 0.1) is 9.82 Å². The number of carbonyl (C=O) groups excluding carboxylic acids is 1. The third kappa shape index (κ3) is 4.86. The second-order valence-electron chi connectivity index (χ2n) is 7.76. The van der Waals surface area contributed by atoms with Crippen LogP contribution in [-0.2, 0) is 14.8 Å². The van der Waals surface area contributed by atoms with Gasteiger partial charge < -0.3 is 10.2 Å². The van der Waals surface area contributed by atoms with Gasteiger partial charge in [0, 0.05) is 44.9 Å². The van der Waals surface area contributed by atoms with E-state index in [1.165, 1.54) is 32.3 Å². The molecule has 1 N–H and O–H groups in total. The molecule has 2 aromatic rings. The van der Waals surface area contributed by atoms with Gasteiger partial charge in [-0.2, -0.15) is 0 Å². The number of piperidine rings is 1. The van der Waals surface area contributed by atoms with Crippen molar-refractivity contribution in [2.24, 2.45) is 5.92 Å². The summed E-state index contributed by atoms with van der Waals surface area (Å²) in [5.74, 6) is -0.433. The number of amides is 1. The van der Waals surface area contributed by atoms with E-state index in [-0.39, 0.29) is 22.4 Å². The van der Waals surface area contributed by atoms with E-state index in [1.807, 2.05) is 4.90 Å². The summed E-state index contributed by atoms with van der Waals surface area (Å²) in [5, 5.41) is 14.1. The number of benzene rings is 2. The third-order valence-electron chi connectivity index (χ3n) is 5.53. The van der Waals surface area contributed by atoms with Crippen molar-refractivity contribution in [2.45, 2.75) is 24.7 Å². The average molecular weight is 447 g/mol. The highest BCUT2D eigenvalue weighted by Crippen LogP contribution is 2.32. The van der Waals surface area contributed by atoms with Crippen LogP contribution in [0.5, 0.6) is 0 Å². The van der Waals surface area contributed by atoms with Crippen LogP contribution in [0.15, 0.2) is 47.4 Å². The molecule has 0 aromatic heterocycles. The van der Waals surface area contributed by atoms with E-state index >= 15 is 0 Å². The van der Waals surface area contributed by atoms with Crippen molar-refractivity contribution in [1.82, 2.24) is 4.31 Å². The summed E-state index contributed by atoms with van der Waals surface area (Å²) in [6.07, 6.45) is 1.10. The SMILES string of the molecule is Cc1ccc(S(=O)(=O)N(C)C)cc1NC(=O)C1CCN(c2ccccc2[N+](=O)[O-])CC1. The van der Waals surface area contributed by atoms with Gasteiger partial charge in [0.15, 0.2) is 0 Å². The van der Waals surface area contributed by atoms with E-state index in [0.717, 1.165) is 9.87 Å². The second-order valence-corrected chi connectivity index (χ2v) is 9.91. The number of aryl methyl sites for hydroxylation is 1. The first-order valence-corrected chi connectivity index (χ1v) is 11.4. The first-order valence-electron chi connectivity index (χ1n) is 9.93. The number of para-hydroxylation sites is 2. The molecule has 0 aliphatic carbocycles. The van der Waals surface area contributed by atoms with Gasteiger partial charge in [0.25, 0.3) is 5.69 Å². The molecule has 1 amide bonds. The van der Waals surface area contributed by atoms with Gasteiger partial charge >= 0.3 is 0 Å². The largest absolute Gasteiger partial charge is 0.366 e. The van der Waals surface area contributed by atoms with Crippen molar-refractivity contribution in [3.05, 3.63) is 58.1 Å². The van der Waals surface area contributed by atoms with E-state index < -0.39 is 14.9 Å². The Kier molecular flexibility index (Phi) is 6.61. The molecule has 0 spiro atoms. The number of carbonyl (C=O) groups is 1. The van der Waals surface area contributed by atoms with Crippen LogP contribution in [0, 0.1) is 23.0 Å². The standard InChI is InChI=1S/C21H26N4O5S/c1-15-8-9-17(31(29,30)23(2)3)14-18(15)22-21(26)16-10-12-24(13-11-16)19-6-4-5-7-20(19)25(27)28/h4-9,14,16H,10-13H2,1-3H3,(H,22,26). The predicted molar refractivity (Wildman–Crippen MR) is 119 cm³/mol. The molecule has 166 valence electrons. The number of hydrogen-bond acceptors (Lipinski definition) is 6. The quantitative estimate of drug-likeness (QED) is 0.539. The Morgan fingerprint density at radius 3 is 2.42 bits per heavy atom. The molecule has 1 aliphatic rings. The summed E-state index contributed by atoms with van der Waals surface area (Å²) in [7, 11) is -0.692. The highest BCUT2D eigenvalue weighted by molar-refractivity contribution is 7.89. The molecule has 0 radical (unpaired) electrons. The molecular weight excluding hydrogens is 420 g/mol. The fraction of sp³-hybridized carbons (Fsp3) is 0.381. The zero-order valence-electron chi connectivity index (χ0n) is 17.7. The van der Waals surface area contributed by atoms with Crippen LogP contribution >= 0.6 is 0 Å². The topological polar surface area (TPSA) is 113 Å². The maximum atomic E-state index is 12.8. The molecule has 0 atom stereocenters. The van der Waals surface area contributed by atoms with E-state index in [1.54, 1.807) is 31.2 Å². The fourth-order valence-corrected chi connectivity index (χ4v) is 4.54. The third-order valence-corrected chi connectivity index (χ3v) is 7.34. The molecule has 1 fully saturated rings. The molecule has 9 nitrogen and oxygen atoms in total. The number of sulfonamides is 1. The molecule has 0 unspecified atom stereocenters. The van der Waals surface area contributed by atoms with Crippen LogP contribution < -0.4 is 10.2 Å². The van der Waals surface area contributed by atoms with Gasteiger partial charge in [-0.05, 0) is 43.5 Å². The van der Waals surface area contributed by atoms with Crippen molar-refractivity contribution < 1.29 is 18.1 Å². The Bertz CT molecular complexity index is 1090. The van der Waals surface area contributed by atoms with E-state index in [9.17, 15) is 23.3 Å². The number of anilines is 2. The predicted octanol–water partition coefficient (Wildman–Crippen LogP) is 3.01. The van der Waals surface area contributed by atoms with E-state index in [4.69, 9.17) is 0 Å². The lowest BCUT2D eigenvalue weighted by Crippen LogP contribution is -2.38. The smallest absolute Gasteiger partial charge is 0.292 e. The number of nitro groups is 1. The first-order chi connectivity index (χ1) is 14.6. The molecule has 1 heterocycles. The van der Waals surface area contributed by atoms with Gasteiger partial charge in [-0.25, -0.2) is 12.7 Å². The van der Waals surface area contributed by atoms with E-state index in [0.29, 0.717) is 37.3 Å². The highest BCUT2D eigenvalue weighted by atomic mass is 32.2. The highest BCUT2D eigenvalue weighted by Gasteiger charge is 2.28. The maximum absolute atomic E-state index is 12.8. The summed E-state index contributed by atoms with van der Waals surface area (Å²) in [6.45, 7) is 2.85. The fourth-order valence-electron chi connectivity index (χ4n) is 3.61. The Labute approximate surface area is 181 Å². The Balaban J connectivity index is 1.69. The van der Waals surface area contributed by atoms with Gasteiger partial charge in [-0.1, -0.05) is 18.2 Å². The van der Waals surface area contributed by atoms with Crippen LogP contribution in [0.2, 0.25) is 0 Å². The first kappa shape index (κ1) is 22.7. The molecule has 31 heavy (non-hydrogen) atoms. The minimum Gasteiger partial charge on any atom is -0.366 e. The van der Waals surface area contributed by atoms with Gasteiger partial charge in [0.1, 0.15) is 5.69 Å². The van der Waals surface area contributed by atoms with Crippen LogP contribution in [-0.4, -0.2) is 50.7 Å². The van der Waals surface area contributed by atoms with Crippen LogP contribution in [0.1, 0.15) is 18.4 Å². The summed E-state index contributed by atoms with van der Waals surface area (Å²) in [4.78, 5) is 25.8. The van der Waals surface area contributed by atoms with Crippen LogP contribution in [0.4, 0.5) is 17.1 Å². The molecule has 1 saturated heterocycles. The lowest BCUT2D eigenvalue weighted by molar-refractivity contribution is -0.384. The summed E-state index contributed by atoms with van der Waals surface area (Å²) >= 11 is 0. The molecule has 1 aliphatic heterocycles. The lowest BCUT2D eigenvalue weighted by atomic mass is 9.95. The number of nitrogens with zero attached hydrogens (tertiary/aromatic N) is 3. The normalized spacial score (nSPS) is 15.2. The summed E-state index contributed by atoms with van der Waals surface area (Å²) < 4.78 is 25.9. The monoisotopic (exact) mass is 446 g/mol. The Hall–Kier alpha value is -2.98. The molecular formula is C21H26N4O5S. The van der Waals surface area contributed by atoms with Crippen molar-refractivity contribution in [2.75, 3.05) is 37.4 Å². The van der Waals surface area contributed by atoms with E-state index in [2.05, 4.69) is 5.32 Å². The molecule has 0 saturated carbocycles. The summed E-state index contributed by atoms with van der Waals surface area (Å²) in [6, 6.07) is 11.3. The summed E-state index contributed by atoms with van der Waals surface area (Å²) in [5.41, 5.74) is 1.85.